The molecule has 0 atom stereocenters. The summed E-state index contributed by atoms with van der Waals surface area (Å²) in [5.74, 6) is 1.16. The molecule has 2 rings (SSSR count). The Hall–Kier alpha value is -1.07. The molecule has 0 bridgehead atoms. The van der Waals surface area contributed by atoms with Gasteiger partial charge in [0.1, 0.15) is 6.26 Å². The smallest absolute Gasteiger partial charge is 0.263 e. The minimum Gasteiger partial charge on any atom is -0.444 e. The van der Waals surface area contributed by atoms with Crippen molar-refractivity contribution in [2.75, 3.05) is 13.6 Å². The van der Waals surface area contributed by atoms with Crippen LogP contribution in [0.15, 0.2) is 31.9 Å². The molecule has 5 heteroatoms. The highest BCUT2D eigenvalue weighted by Gasteiger charge is 2.09. The highest BCUT2D eigenvalue weighted by atomic mass is 79.9. The first kappa shape index (κ1) is 10.4. The first-order valence-corrected chi connectivity index (χ1v) is 5.43. The molecule has 15 heavy (non-hydrogen) atoms. The van der Waals surface area contributed by atoms with Crippen LogP contribution in [0.2, 0.25) is 0 Å². The van der Waals surface area contributed by atoms with Gasteiger partial charge in [-0.2, -0.15) is 0 Å². The number of likely N-dealkylation sites (N-methyl/N-ethyl adjacent to an activating group) is 1. The molecule has 0 radical (unpaired) electrons. The van der Waals surface area contributed by atoms with Crippen molar-refractivity contribution in [3.05, 3.63) is 28.8 Å². The fourth-order valence-corrected chi connectivity index (χ4v) is 1.52. The van der Waals surface area contributed by atoms with E-state index >= 15 is 0 Å². The van der Waals surface area contributed by atoms with E-state index in [1.807, 2.05) is 19.2 Å². The molecule has 0 amide bonds. The van der Waals surface area contributed by atoms with E-state index in [4.69, 9.17) is 8.83 Å². The van der Waals surface area contributed by atoms with Crippen molar-refractivity contribution >= 4 is 15.9 Å². The number of nitrogens with one attached hydrogen (secondary N) is 1. The first-order chi connectivity index (χ1) is 7.29. The van der Waals surface area contributed by atoms with Crippen LogP contribution in [0.3, 0.4) is 0 Å². The highest BCUT2D eigenvalue weighted by molar-refractivity contribution is 9.10. The molecule has 0 saturated carbocycles. The average Bonchev–Trinajstić information content (AvgIpc) is 2.83. The van der Waals surface area contributed by atoms with Crippen LogP contribution in [0.4, 0.5) is 0 Å². The van der Waals surface area contributed by atoms with Crippen LogP contribution in [-0.2, 0) is 6.42 Å². The Kier molecular flexibility index (Phi) is 3.23. The molecular formula is C10H11BrN2O2. The molecule has 4 nitrogen and oxygen atoms in total. The number of oxazole rings is 1. The van der Waals surface area contributed by atoms with Crippen molar-refractivity contribution in [2.45, 2.75) is 6.42 Å². The lowest BCUT2D eigenvalue weighted by molar-refractivity contribution is 0.504. The molecule has 0 unspecified atom stereocenters. The van der Waals surface area contributed by atoms with Crippen molar-refractivity contribution in [3.8, 4) is 11.7 Å². The topological polar surface area (TPSA) is 51.2 Å². The van der Waals surface area contributed by atoms with Gasteiger partial charge in [0.05, 0.1) is 5.69 Å². The van der Waals surface area contributed by atoms with Gasteiger partial charge in [0.15, 0.2) is 10.4 Å². The summed E-state index contributed by atoms with van der Waals surface area (Å²) in [5, 5.41) is 3.06. The van der Waals surface area contributed by atoms with Crippen molar-refractivity contribution in [1.82, 2.24) is 10.3 Å². The van der Waals surface area contributed by atoms with Crippen molar-refractivity contribution in [1.29, 1.82) is 0 Å². The van der Waals surface area contributed by atoms with Gasteiger partial charge >= 0.3 is 0 Å². The van der Waals surface area contributed by atoms with Gasteiger partial charge in [-0.15, -0.1) is 0 Å². The fourth-order valence-electron chi connectivity index (χ4n) is 1.22. The molecule has 0 aliphatic heterocycles. The molecule has 2 aromatic rings. The van der Waals surface area contributed by atoms with Gasteiger partial charge in [-0.1, -0.05) is 0 Å². The van der Waals surface area contributed by atoms with Gasteiger partial charge in [-0.25, -0.2) is 4.98 Å². The number of aromatic nitrogens is 1. The largest absolute Gasteiger partial charge is 0.444 e. The van der Waals surface area contributed by atoms with Crippen molar-refractivity contribution in [3.63, 3.8) is 0 Å². The van der Waals surface area contributed by atoms with Gasteiger partial charge in [0.2, 0.25) is 0 Å². The molecule has 0 aromatic carbocycles. The zero-order chi connectivity index (χ0) is 10.7. The molecule has 0 aliphatic carbocycles. The second-order valence-electron chi connectivity index (χ2n) is 3.10. The number of hydrogen-bond donors (Lipinski definition) is 1. The van der Waals surface area contributed by atoms with Crippen LogP contribution >= 0.6 is 15.9 Å². The summed E-state index contributed by atoms with van der Waals surface area (Å²) in [6.45, 7) is 0.883. The maximum Gasteiger partial charge on any atom is 0.263 e. The maximum absolute atomic E-state index is 5.33. The summed E-state index contributed by atoms with van der Waals surface area (Å²) in [5.41, 5.74) is 0.923. The monoisotopic (exact) mass is 270 g/mol. The van der Waals surface area contributed by atoms with E-state index < -0.39 is 0 Å². The minimum absolute atomic E-state index is 0.520. The van der Waals surface area contributed by atoms with E-state index in [1.54, 1.807) is 6.26 Å². The number of hydrogen-bond acceptors (Lipinski definition) is 4. The Labute approximate surface area is 95.8 Å². The summed E-state index contributed by atoms with van der Waals surface area (Å²) in [6, 6.07) is 3.63. The van der Waals surface area contributed by atoms with E-state index in [0.717, 1.165) is 18.7 Å². The predicted octanol–water partition coefficient (Wildman–Crippen LogP) is 2.46. The summed E-state index contributed by atoms with van der Waals surface area (Å²) in [7, 11) is 1.91. The Morgan fingerprint density at radius 3 is 3.00 bits per heavy atom. The Morgan fingerprint density at radius 1 is 1.47 bits per heavy atom. The third kappa shape index (κ3) is 2.49. The molecule has 2 heterocycles. The minimum atomic E-state index is 0.520. The number of halogens is 1. The zero-order valence-corrected chi connectivity index (χ0v) is 9.87. The summed E-state index contributed by atoms with van der Waals surface area (Å²) in [4.78, 5) is 4.31. The molecule has 0 saturated heterocycles. The van der Waals surface area contributed by atoms with E-state index in [1.165, 1.54) is 0 Å². The van der Waals surface area contributed by atoms with Crippen LogP contribution in [0, 0.1) is 0 Å². The van der Waals surface area contributed by atoms with Crippen LogP contribution in [0.5, 0.6) is 0 Å². The average molecular weight is 271 g/mol. The Balaban J connectivity index is 2.13. The lowest BCUT2D eigenvalue weighted by Gasteiger charge is -1.92. The van der Waals surface area contributed by atoms with Crippen LogP contribution in [-0.4, -0.2) is 18.6 Å². The quantitative estimate of drug-likeness (QED) is 0.928. The van der Waals surface area contributed by atoms with E-state index in [9.17, 15) is 0 Å². The zero-order valence-electron chi connectivity index (χ0n) is 8.29. The van der Waals surface area contributed by atoms with Crippen molar-refractivity contribution in [2.24, 2.45) is 0 Å². The van der Waals surface area contributed by atoms with Gasteiger partial charge in [0.25, 0.3) is 5.89 Å². The Bertz CT molecular complexity index is 436. The molecule has 1 N–H and O–H groups in total. The maximum atomic E-state index is 5.33. The third-order valence-corrected chi connectivity index (χ3v) is 2.39. The molecule has 2 aromatic heterocycles. The Morgan fingerprint density at radius 2 is 2.33 bits per heavy atom. The number of furan rings is 1. The second kappa shape index (κ2) is 4.63. The van der Waals surface area contributed by atoms with Gasteiger partial charge < -0.3 is 14.2 Å². The van der Waals surface area contributed by atoms with Gasteiger partial charge in [-0.05, 0) is 35.1 Å². The van der Waals surface area contributed by atoms with Crippen LogP contribution < -0.4 is 5.32 Å². The SMILES string of the molecule is CNCCc1coc(-c2ccc(Br)o2)n1. The third-order valence-electron chi connectivity index (χ3n) is 1.97. The fraction of sp³-hybridized carbons (Fsp3) is 0.300. The molecular weight excluding hydrogens is 260 g/mol. The normalized spacial score (nSPS) is 10.8. The lowest BCUT2D eigenvalue weighted by Crippen LogP contribution is -2.10. The highest BCUT2D eigenvalue weighted by Crippen LogP contribution is 2.24. The summed E-state index contributed by atoms with van der Waals surface area (Å²) >= 11 is 3.23. The predicted molar refractivity (Wildman–Crippen MR) is 59.5 cm³/mol. The number of rotatable bonds is 4. The van der Waals surface area contributed by atoms with E-state index in [0.29, 0.717) is 16.3 Å². The molecule has 0 fully saturated rings. The van der Waals surface area contributed by atoms with Crippen LogP contribution in [0.1, 0.15) is 5.69 Å². The summed E-state index contributed by atoms with van der Waals surface area (Å²) in [6.07, 6.45) is 2.50. The lowest BCUT2D eigenvalue weighted by atomic mass is 10.3. The van der Waals surface area contributed by atoms with E-state index in [-0.39, 0.29) is 0 Å². The van der Waals surface area contributed by atoms with Crippen molar-refractivity contribution < 1.29 is 8.83 Å². The second-order valence-corrected chi connectivity index (χ2v) is 3.88. The molecule has 0 spiro atoms. The molecule has 0 aliphatic rings. The van der Waals surface area contributed by atoms with Gasteiger partial charge in [-0.3, -0.25) is 0 Å². The number of nitrogens with zero attached hydrogens (tertiary/aromatic N) is 1. The standard InChI is InChI=1S/C10H11BrN2O2/c1-12-5-4-7-6-14-10(13-7)8-2-3-9(11)15-8/h2-3,6,12H,4-5H2,1H3. The van der Waals surface area contributed by atoms with Gasteiger partial charge in [0, 0.05) is 13.0 Å². The first-order valence-electron chi connectivity index (χ1n) is 4.64. The summed E-state index contributed by atoms with van der Waals surface area (Å²) < 4.78 is 11.3. The van der Waals surface area contributed by atoms with Crippen LogP contribution in [0.25, 0.3) is 11.7 Å². The van der Waals surface area contributed by atoms with E-state index in [2.05, 4.69) is 26.2 Å². The molecule has 80 valence electrons.